The summed E-state index contributed by atoms with van der Waals surface area (Å²) < 4.78 is 0. The SMILES string of the molecule is Cc1ccc(CNC(=O)CNc2ccccc2CO)cc1. The van der Waals surface area contributed by atoms with Crippen LogP contribution in [0.5, 0.6) is 0 Å². The monoisotopic (exact) mass is 284 g/mol. The van der Waals surface area contributed by atoms with Gasteiger partial charge in [0.15, 0.2) is 0 Å². The van der Waals surface area contributed by atoms with Crippen LogP contribution < -0.4 is 10.6 Å². The third-order valence-corrected chi connectivity index (χ3v) is 3.24. The molecule has 0 atom stereocenters. The summed E-state index contributed by atoms with van der Waals surface area (Å²) in [5, 5.41) is 15.1. The molecular weight excluding hydrogens is 264 g/mol. The minimum Gasteiger partial charge on any atom is -0.392 e. The molecule has 0 heterocycles. The van der Waals surface area contributed by atoms with Gasteiger partial charge in [-0.05, 0) is 18.6 Å². The van der Waals surface area contributed by atoms with Crippen LogP contribution >= 0.6 is 0 Å². The molecule has 4 heteroatoms. The van der Waals surface area contributed by atoms with E-state index < -0.39 is 0 Å². The fourth-order valence-electron chi connectivity index (χ4n) is 1.98. The first-order chi connectivity index (χ1) is 10.2. The normalized spacial score (nSPS) is 10.2. The highest BCUT2D eigenvalue weighted by molar-refractivity contribution is 5.80. The number of carbonyl (C=O) groups is 1. The van der Waals surface area contributed by atoms with Crippen molar-refractivity contribution in [2.24, 2.45) is 0 Å². The van der Waals surface area contributed by atoms with Crippen molar-refractivity contribution in [1.29, 1.82) is 0 Å². The summed E-state index contributed by atoms with van der Waals surface area (Å²) in [5.41, 5.74) is 3.84. The second kappa shape index (κ2) is 7.45. The van der Waals surface area contributed by atoms with Crippen molar-refractivity contribution < 1.29 is 9.90 Å². The Balaban J connectivity index is 1.81. The zero-order chi connectivity index (χ0) is 15.1. The predicted octanol–water partition coefficient (Wildman–Crippen LogP) is 2.22. The molecule has 21 heavy (non-hydrogen) atoms. The molecular formula is C17H20N2O2. The van der Waals surface area contributed by atoms with Gasteiger partial charge in [0.25, 0.3) is 0 Å². The Bertz CT molecular complexity index is 594. The standard InChI is InChI=1S/C17H20N2O2/c1-13-6-8-14(9-7-13)10-19-17(21)11-18-16-5-3-2-4-15(16)12-20/h2-9,18,20H,10-12H2,1H3,(H,19,21). The number of para-hydroxylation sites is 1. The number of aliphatic hydroxyl groups is 1. The van der Waals surface area contributed by atoms with Crippen molar-refractivity contribution in [2.75, 3.05) is 11.9 Å². The largest absolute Gasteiger partial charge is 0.392 e. The first kappa shape index (κ1) is 15.1. The molecule has 0 spiro atoms. The molecule has 110 valence electrons. The van der Waals surface area contributed by atoms with E-state index in [0.717, 1.165) is 16.8 Å². The van der Waals surface area contributed by atoms with E-state index in [1.54, 1.807) is 0 Å². The van der Waals surface area contributed by atoms with Gasteiger partial charge in [0.05, 0.1) is 13.2 Å². The van der Waals surface area contributed by atoms with Gasteiger partial charge in [-0.25, -0.2) is 0 Å². The highest BCUT2D eigenvalue weighted by atomic mass is 16.3. The predicted molar refractivity (Wildman–Crippen MR) is 83.9 cm³/mol. The summed E-state index contributed by atoms with van der Waals surface area (Å²) >= 11 is 0. The second-order valence-corrected chi connectivity index (χ2v) is 4.93. The number of anilines is 1. The fraction of sp³-hybridized carbons (Fsp3) is 0.235. The molecule has 0 radical (unpaired) electrons. The molecule has 0 aliphatic rings. The maximum Gasteiger partial charge on any atom is 0.239 e. The number of hydrogen-bond acceptors (Lipinski definition) is 3. The Morgan fingerprint density at radius 2 is 1.81 bits per heavy atom. The first-order valence-corrected chi connectivity index (χ1v) is 6.94. The van der Waals surface area contributed by atoms with Gasteiger partial charge in [0, 0.05) is 17.8 Å². The van der Waals surface area contributed by atoms with Crippen LogP contribution in [0.25, 0.3) is 0 Å². The molecule has 3 N–H and O–H groups in total. The van der Waals surface area contributed by atoms with Gasteiger partial charge >= 0.3 is 0 Å². The van der Waals surface area contributed by atoms with Gasteiger partial charge in [-0.2, -0.15) is 0 Å². The first-order valence-electron chi connectivity index (χ1n) is 6.94. The smallest absolute Gasteiger partial charge is 0.239 e. The number of carbonyl (C=O) groups excluding carboxylic acids is 1. The lowest BCUT2D eigenvalue weighted by molar-refractivity contribution is -0.119. The molecule has 0 saturated carbocycles. The van der Waals surface area contributed by atoms with E-state index in [1.807, 2.05) is 55.5 Å². The van der Waals surface area contributed by atoms with Gasteiger partial charge < -0.3 is 15.7 Å². The second-order valence-electron chi connectivity index (χ2n) is 4.93. The average molecular weight is 284 g/mol. The van der Waals surface area contributed by atoms with E-state index in [-0.39, 0.29) is 19.1 Å². The minimum absolute atomic E-state index is 0.0475. The van der Waals surface area contributed by atoms with Crippen molar-refractivity contribution in [3.63, 3.8) is 0 Å². The lowest BCUT2D eigenvalue weighted by atomic mass is 10.1. The minimum atomic E-state index is -0.0803. The molecule has 0 fully saturated rings. The molecule has 2 aromatic carbocycles. The van der Waals surface area contributed by atoms with Gasteiger partial charge in [-0.1, -0.05) is 48.0 Å². The van der Waals surface area contributed by atoms with Crippen LogP contribution in [0.1, 0.15) is 16.7 Å². The van der Waals surface area contributed by atoms with Crippen LogP contribution in [-0.2, 0) is 17.9 Å². The lowest BCUT2D eigenvalue weighted by Gasteiger charge is -2.11. The molecule has 1 amide bonds. The van der Waals surface area contributed by atoms with E-state index >= 15 is 0 Å². The van der Waals surface area contributed by atoms with Gasteiger partial charge in [0.1, 0.15) is 0 Å². The number of amides is 1. The molecule has 0 unspecified atom stereocenters. The third kappa shape index (κ3) is 4.61. The fourth-order valence-corrected chi connectivity index (χ4v) is 1.98. The Hall–Kier alpha value is -2.33. The number of rotatable bonds is 6. The van der Waals surface area contributed by atoms with Gasteiger partial charge in [0.2, 0.25) is 5.91 Å². The Morgan fingerprint density at radius 3 is 2.52 bits per heavy atom. The van der Waals surface area contributed by atoms with E-state index in [0.29, 0.717) is 6.54 Å². The molecule has 0 saturated heterocycles. The van der Waals surface area contributed by atoms with Crippen LogP contribution in [0.15, 0.2) is 48.5 Å². The molecule has 2 aromatic rings. The van der Waals surface area contributed by atoms with Crippen molar-refractivity contribution in [1.82, 2.24) is 5.32 Å². The quantitative estimate of drug-likeness (QED) is 0.762. The van der Waals surface area contributed by atoms with Crippen LogP contribution in [0.2, 0.25) is 0 Å². The lowest BCUT2D eigenvalue weighted by Crippen LogP contribution is -2.29. The number of aliphatic hydroxyl groups excluding tert-OH is 1. The van der Waals surface area contributed by atoms with E-state index in [4.69, 9.17) is 0 Å². The Kier molecular flexibility index (Phi) is 5.35. The van der Waals surface area contributed by atoms with Crippen LogP contribution in [-0.4, -0.2) is 17.6 Å². The number of nitrogens with one attached hydrogen (secondary N) is 2. The van der Waals surface area contributed by atoms with Crippen LogP contribution in [0.4, 0.5) is 5.69 Å². The van der Waals surface area contributed by atoms with Gasteiger partial charge in [-0.15, -0.1) is 0 Å². The summed E-state index contributed by atoms with van der Waals surface area (Å²) in [6.45, 7) is 2.68. The van der Waals surface area contributed by atoms with Crippen molar-refractivity contribution in [3.8, 4) is 0 Å². The van der Waals surface area contributed by atoms with Crippen molar-refractivity contribution in [3.05, 3.63) is 65.2 Å². The highest BCUT2D eigenvalue weighted by Gasteiger charge is 2.04. The van der Waals surface area contributed by atoms with E-state index in [9.17, 15) is 9.90 Å². The highest BCUT2D eigenvalue weighted by Crippen LogP contribution is 2.14. The molecule has 0 bridgehead atoms. The maximum absolute atomic E-state index is 11.8. The summed E-state index contributed by atoms with van der Waals surface area (Å²) in [6.07, 6.45) is 0. The van der Waals surface area contributed by atoms with Crippen LogP contribution in [0.3, 0.4) is 0 Å². The van der Waals surface area contributed by atoms with Crippen molar-refractivity contribution >= 4 is 11.6 Å². The summed E-state index contributed by atoms with van der Waals surface area (Å²) in [4.78, 5) is 11.8. The number of benzene rings is 2. The van der Waals surface area contributed by atoms with Crippen LogP contribution in [0, 0.1) is 6.92 Å². The topological polar surface area (TPSA) is 61.4 Å². The average Bonchev–Trinajstić information content (AvgIpc) is 2.52. The summed E-state index contributed by atoms with van der Waals surface area (Å²) in [6, 6.07) is 15.5. The Morgan fingerprint density at radius 1 is 1.10 bits per heavy atom. The third-order valence-electron chi connectivity index (χ3n) is 3.24. The van der Waals surface area contributed by atoms with Crippen molar-refractivity contribution in [2.45, 2.75) is 20.1 Å². The summed E-state index contributed by atoms with van der Waals surface area (Å²) in [5.74, 6) is -0.0803. The van der Waals surface area contributed by atoms with E-state index in [2.05, 4.69) is 10.6 Å². The maximum atomic E-state index is 11.8. The molecule has 0 aliphatic heterocycles. The molecule has 0 aliphatic carbocycles. The molecule has 4 nitrogen and oxygen atoms in total. The zero-order valence-electron chi connectivity index (χ0n) is 12.1. The van der Waals surface area contributed by atoms with E-state index in [1.165, 1.54) is 5.56 Å². The van der Waals surface area contributed by atoms with Gasteiger partial charge in [-0.3, -0.25) is 4.79 Å². The zero-order valence-corrected chi connectivity index (χ0v) is 12.1. The molecule has 0 aromatic heterocycles. The number of hydrogen-bond donors (Lipinski definition) is 3. The molecule has 2 rings (SSSR count). The number of aryl methyl sites for hydroxylation is 1. The summed E-state index contributed by atoms with van der Waals surface area (Å²) in [7, 11) is 0. The Labute approximate surface area is 124 Å².